The lowest BCUT2D eigenvalue weighted by Gasteiger charge is -2.20. The van der Waals surface area contributed by atoms with Crippen molar-refractivity contribution in [1.82, 2.24) is 14.8 Å². The van der Waals surface area contributed by atoms with E-state index in [-0.39, 0.29) is 6.54 Å². The molecule has 0 saturated heterocycles. The smallest absolute Gasteiger partial charge is 0.294 e. The van der Waals surface area contributed by atoms with Gasteiger partial charge >= 0.3 is 10.2 Å². The van der Waals surface area contributed by atoms with Gasteiger partial charge in [0.05, 0.1) is 0 Å². The van der Waals surface area contributed by atoms with Crippen LogP contribution in [0.15, 0.2) is 5.16 Å². The molecule has 0 bridgehead atoms. The van der Waals surface area contributed by atoms with Crippen molar-refractivity contribution in [2.45, 2.75) is 38.9 Å². The minimum Gasteiger partial charge on any atom is -0.294 e. The molecule has 1 aromatic heterocycles. The molecule has 1 aromatic rings. The molecule has 5 nitrogen and oxygen atoms in total. The van der Waals surface area contributed by atoms with Crippen molar-refractivity contribution in [3.63, 3.8) is 0 Å². The van der Waals surface area contributed by atoms with Crippen molar-refractivity contribution in [3.05, 3.63) is 5.82 Å². The third kappa shape index (κ3) is 3.42. The quantitative estimate of drug-likeness (QED) is 0.788. The van der Waals surface area contributed by atoms with Crippen LogP contribution in [-0.4, -0.2) is 23.2 Å². The summed E-state index contributed by atoms with van der Waals surface area (Å²) in [4.78, 5) is 0. The largest absolute Gasteiger partial charge is 0.368 e. The van der Waals surface area contributed by atoms with Gasteiger partial charge in [-0.2, -0.15) is 8.42 Å². The normalized spacial score (nSPS) is 13.4. The number of hydrogen-bond donors (Lipinski definition) is 0. The standard InChI is InChI=1S/C8H12F3N3O2S/c1-8(2,3)4-14-6(5(9)10)12-13-7(14)17(11,15)16/h5H,4H2,1-3H3. The van der Waals surface area contributed by atoms with E-state index < -0.39 is 33.0 Å². The molecule has 0 fully saturated rings. The summed E-state index contributed by atoms with van der Waals surface area (Å²) in [5.41, 5.74) is -0.522. The number of nitrogens with zero attached hydrogens (tertiary/aromatic N) is 3. The molecule has 0 spiro atoms. The van der Waals surface area contributed by atoms with E-state index >= 15 is 0 Å². The molecular formula is C8H12F3N3O2S. The van der Waals surface area contributed by atoms with Crippen molar-refractivity contribution in [2.24, 2.45) is 5.41 Å². The summed E-state index contributed by atoms with van der Waals surface area (Å²) >= 11 is 0. The highest BCUT2D eigenvalue weighted by Gasteiger charge is 2.30. The van der Waals surface area contributed by atoms with Crippen molar-refractivity contribution in [1.29, 1.82) is 0 Å². The average molecular weight is 271 g/mol. The van der Waals surface area contributed by atoms with Crippen molar-refractivity contribution in [2.75, 3.05) is 0 Å². The summed E-state index contributed by atoms with van der Waals surface area (Å²) < 4.78 is 60.0. The first-order valence-electron chi connectivity index (χ1n) is 4.68. The zero-order chi connectivity index (χ0) is 13.4. The van der Waals surface area contributed by atoms with Gasteiger partial charge in [-0.3, -0.25) is 4.57 Å². The Kier molecular flexibility index (Phi) is 3.51. The Morgan fingerprint density at radius 3 is 2.18 bits per heavy atom. The molecule has 0 atom stereocenters. The summed E-state index contributed by atoms with van der Waals surface area (Å²) in [7, 11) is -5.16. The topological polar surface area (TPSA) is 64.8 Å². The molecule has 1 rings (SSSR count). The maximum absolute atomic E-state index is 12.8. The van der Waals surface area contributed by atoms with E-state index in [0.29, 0.717) is 4.57 Å². The molecule has 0 amide bonds. The number of aromatic nitrogens is 3. The van der Waals surface area contributed by atoms with E-state index in [9.17, 15) is 21.1 Å². The lowest BCUT2D eigenvalue weighted by atomic mass is 9.97. The fraction of sp³-hybridized carbons (Fsp3) is 0.750. The van der Waals surface area contributed by atoms with Crippen LogP contribution in [0.4, 0.5) is 12.7 Å². The van der Waals surface area contributed by atoms with E-state index in [1.54, 1.807) is 20.8 Å². The Labute approximate surface area is 96.9 Å². The first-order chi connectivity index (χ1) is 7.52. The highest BCUT2D eigenvalue weighted by Crippen LogP contribution is 2.25. The van der Waals surface area contributed by atoms with Crippen LogP contribution < -0.4 is 0 Å². The van der Waals surface area contributed by atoms with Crippen LogP contribution >= 0.6 is 0 Å². The number of halogens is 3. The first kappa shape index (κ1) is 13.9. The molecule has 98 valence electrons. The van der Waals surface area contributed by atoms with Gasteiger partial charge in [-0.05, 0) is 5.41 Å². The van der Waals surface area contributed by atoms with Gasteiger partial charge in [-0.15, -0.1) is 10.2 Å². The average Bonchev–Trinajstić information content (AvgIpc) is 2.43. The lowest BCUT2D eigenvalue weighted by molar-refractivity contribution is 0.130. The Morgan fingerprint density at radius 2 is 1.82 bits per heavy atom. The summed E-state index contributed by atoms with van der Waals surface area (Å²) in [5, 5.41) is 4.89. The van der Waals surface area contributed by atoms with E-state index in [1.807, 2.05) is 0 Å². The first-order valence-corrected chi connectivity index (χ1v) is 6.06. The SMILES string of the molecule is CC(C)(C)Cn1c(C(F)F)nnc1S(=O)(=O)F. The highest BCUT2D eigenvalue weighted by atomic mass is 32.3. The lowest BCUT2D eigenvalue weighted by Crippen LogP contribution is -2.20. The van der Waals surface area contributed by atoms with Gasteiger partial charge in [0, 0.05) is 6.54 Å². The third-order valence-electron chi connectivity index (χ3n) is 1.79. The van der Waals surface area contributed by atoms with Gasteiger partial charge < -0.3 is 0 Å². The predicted molar refractivity (Wildman–Crippen MR) is 52.7 cm³/mol. The van der Waals surface area contributed by atoms with Gasteiger partial charge in [-0.25, -0.2) is 8.78 Å². The van der Waals surface area contributed by atoms with Crippen LogP contribution in [0, 0.1) is 5.41 Å². The Balaban J connectivity index is 3.35. The van der Waals surface area contributed by atoms with Crippen molar-refractivity contribution in [3.8, 4) is 0 Å². The molecule has 17 heavy (non-hydrogen) atoms. The predicted octanol–water partition coefficient (Wildman–Crippen LogP) is 1.92. The Bertz CT molecular complexity index is 505. The van der Waals surface area contributed by atoms with E-state index in [2.05, 4.69) is 10.2 Å². The number of hydrogen-bond acceptors (Lipinski definition) is 4. The van der Waals surface area contributed by atoms with Gasteiger partial charge in [0.25, 0.3) is 11.6 Å². The van der Waals surface area contributed by atoms with Gasteiger partial charge in [0.15, 0.2) is 0 Å². The highest BCUT2D eigenvalue weighted by molar-refractivity contribution is 7.86. The molecule has 0 aliphatic heterocycles. The van der Waals surface area contributed by atoms with E-state index in [0.717, 1.165) is 0 Å². The molecule has 0 aromatic carbocycles. The number of rotatable bonds is 3. The summed E-state index contributed by atoms with van der Waals surface area (Å²) in [5.74, 6) is -0.851. The Hall–Kier alpha value is -1.12. The molecule has 9 heteroatoms. The van der Waals surface area contributed by atoms with E-state index in [4.69, 9.17) is 0 Å². The van der Waals surface area contributed by atoms with Crippen molar-refractivity contribution < 1.29 is 21.1 Å². The van der Waals surface area contributed by atoms with Crippen LogP contribution in [0.25, 0.3) is 0 Å². The van der Waals surface area contributed by atoms with Crippen LogP contribution in [0.1, 0.15) is 33.0 Å². The second kappa shape index (κ2) is 4.28. The van der Waals surface area contributed by atoms with E-state index in [1.165, 1.54) is 0 Å². The minimum absolute atomic E-state index is 0.127. The Morgan fingerprint density at radius 1 is 1.29 bits per heavy atom. The summed E-state index contributed by atoms with van der Waals surface area (Å²) in [6, 6.07) is 0. The molecule has 0 N–H and O–H groups in total. The molecular weight excluding hydrogens is 259 g/mol. The maximum Gasteiger partial charge on any atom is 0.368 e. The molecule has 0 aliphatic rings. The monoisotopic (exact) mass is 271 g/mol. The third-order valence-corrected chi connectivity index (χ3v) is 2.53. The maximum atomic E-state index is 12.8. The minimum atomic E-state index is -5.16. The van der Waals surface area contributed by atoms with Gasteiger partial charge in [0.1, 0.15) is 0 Å². The second-order valence-electron chi connectivity index (χ2n) is 4.73. The van der Waals surface area contributed by atoms with Gasteiger partial charge in [0.2, 0.25) is 5.82 Å². The molecule has 0 unspecified atom stereocenters. The molecule has 0 aliphatic carbocycles. The van der Waals surface area contributed by atoms with Crippen LogP contribution in [0.5, 0.6) is 0 Å². The molecule has 0 radical (unpaired) electrons. The molecule has 1 heterocycles. The zero-order valence-corrected chi connectivity index (χ0v) is 10.3. The second-order valence-corrected chi connectivity index (χ2v) is 5.97. The zero-order valence-electron chi connectivity index (χ0n) is 9.48. The molecule has 0 saturated carbocycles. The fourth-order valence-corrected chi connectivity index (χ4v) is 1.82. The number of alkyl halides is 2. The van der Waals surface area contributed by atoms with Crippen LogP contribution in [-0.2, 0) is 16.8 Å². The van der Waals surface area contributed by atoms with Crippen LogP contribution in [0.2, 0.25) is 0 Å². The van der Waals surface area contributed by atoms with Crippen LogP contribution in [0.3, 0.4) is 0 Å². The van der Waals surface area contributed by atoms with Crippen molar-refractivity contribution >= 4 is 10.2 Å². The summed E-state index contributed by atoms with van der Waals surface area (Å²) in [6.45, 7) is 4.95. The fourth-order valence-electron chi connectivity index (χ4n) is 1.26. The van der Waals surface area contributed by atoms with Gasteiger partial charge in [-0.1, -0.05) is 24.7 Å². The summed E-state index contributed by atoms with van der Waals surface area (Å²) in [6.07, 6.45) is -3.01.